The van der Waals surface area contributed by atoms with Crippen molar-refractivity contribution in [1.82, 2.24) is 0 Å². The molecule has 12 heteroatoms. The number of carboxylic acid groups (broad SMARTS) is 2. The van der Waals surface area contributed by atoms with Crippen molar-refractivity contribution < 1.29 is 61.9 Å². The Morgan fingerprint density at radius 3 is 0.500 bits per heavy atom. The van der Waals surface area contributed by atoms with Gasteiger partial charge in [0.05, 0.1) is 36.4 Å². The number of carbonyl (C=O) groups excluding carboxylic acids is 2. The normalized spacial score (nSPS) is 3.50. The van der Waals surface area contributed by atoms with E-state index in [2.05, 4.69) is 0 Å². The fourth-order valence-electron chi connectivity index (χ4n) is 0. The topological polar surface area (TPSA) is 223 Å². The Hall–Kier alpha value is -2.74. The molecule has 0 rings (SSSR count). The van der Waals surface area contributed by atoms with Gasteiger partial charge in [0.1, 0.15) is 0 Å². The average molecular weight is 556 g/mol. The van der Waals surface area contributed by atoms with Gasteiger partial charge in [-0.15, -0.1) is 0 Å². The van der Waals surface area contributed by atoms with E-state index in [9.17, 15) is 0 Å². The number of nitriles is 6. The van der Waals surface area contributed by atoms with Crippen molar-refractivity contribution in [2.45, 2.75) is 55.4 Å². The van der Waals surface area contributed by atoms with Crippen LogP contribution in [0.2, 0.25) is 0 Å². The summed E-state index contributed by atoms with van der Waals surface area (Å²) in [6.07, 6.45) is 0. The number of nitrogens with zero attached hydrogens (tertiary/aromatic N) is 6. The van der Waals surface area contributed by atoms with E-state index in [1.165, 1.54) is 41.5 Å². The third-order valence-corrected chi connectivity index (χ3v) is 0. The van der Waals surface area contributed by atoms with Crippen molar-refractivity contribution >= 4 is 11.9 Å². The fraction of sp³-hybridized carbons (Fsp3) is 0.500. The molecule has 28 heavy (non-hydrogen) atoms. The summed E-state index contributed by atoms with van der Waals surface area (Å²) in [6.45, 7) is 10.5. The zero-order valence-electron chi connectivity index (χ0n) is 17.1. The zero-order valence-corrected chi connectivity index (χ0v) is 21.1. The minimum absolute atomic E-state index is 0. The number of hydrogen-bond acceptors (Lipinski definition) is 10. The molecule has 0 saturated heterocycles. The zero-order chi connectivity index (χ0) is 23.4. The van der Waals surface area contributed by atoms with Crippen molar-refractivity contribution in [3.63, 3.8) is 0 Å². The molecule has 0 aliphatic carbocycles. The van der Waals surface area contributed by atoms with Crippen LogP contribution in [0.4, 0.5) is 0 Å². The van der Waals surface area contributed by atoms with Gasteiger partial charge in [-0.1, -0.05) is 0 Å². The molecule has 0 heterocycles. The van der Waals surface area contributed by atoms with Crippen LogP contribution in [-0.2, 0) is 51.7 Å². The summed E-state index contributed by atoms with van der Waals surface area (Å²) in [7, 11) is 0. The Balaban J connectivity index is -0.0000000164. The third kappa shape index (κ3) is 1530. The van der Waals surface area contributed by atoms with Gasteiger partial charge in [-0.2, -0.15) is 31.6 Å². The number of rotatable bonds is 0. The monoisotopic (exact) mass is 560 g/mol. The van der Waals surface area contributed by atoms with Crippen molar-refractivity contribution in [2.75, 3.05) is 0 Å². The maximum atomic E-state index is 8.89. The van der Waals surface area contributed by atoms with Gasteiger partial charge in [0, 0.05) is 53.5 Å². The molecule has 152 valence electrons. The molecule has 0 radical (unpaired) electrons. The van der Waals surface area contributed by atoms with Crippen LogP contribution >= 0.6 is 0 Å². The van der Waals surface area contributed by atoms with Crippen LogP contribution in [0.1, 0.15) is 55.4 Å². The first-order chi connectivity index (χ1) is 11.9. The average Bonchev–Trinajstić information content (AvgIpc) is 2.41. The van der Waals surface area contributed by atoms with Crippen LogP contribution in [0, 0.1) is 68.0 Å². The summed E-state index contributed by atoms with van der Waals surface area (Å²) in [5.74, 6) is -2.17. The molecule has 0 amide bonds. The molecule has 0 aromatic rings. The SMILES string of the molecule is CC#N.CC#N.CC#N.CC#N.CC#N.CC#N.CC(=O)[O-].CC(=O)[O-].[Mo+2].[Mo+2]. The van der Waals surface area contributed by atoms with E-state index in [0.717, 1.165) is 13.8 Å². The molecular formula is C16H24Mo2N6O4+2. The molecule has 0 atom stereocenters. The second-order valence-corrected chi connectivity index (χ2v) is 2.32. The molecule has 0 saturated carbocycles. The number of carbonyl (C=O) groups is 2. The van der Waals surface area contributed by atoms with Crippen LogP contribution in [0.25, 0.3) is 0 Å². The Kier molecular flexibility index (Phi) is 349. The molecule has 0 fully saturated rings. The number of hydrogen-bond donors (Lipinski definition) is 0. The first kappa shape index (κ1) is 63.8. The van der Waals surface area contributed by atoms with Gasteiger partial charge < -0.3 is 19.8 Å². The molecule has 0 aromatic carbocycles. The Bertz CT molecular complexity index is 403. The van der Waals surface area contributed by atoms with Crippen molar-refractivity contribution in [1.29, 1.82) is 31.6 Å². The summed E-state index contributed by atoms with van der Waals surface area (Å²) < 4.78 is 0. The van der Waals surface area contributed by atoms with Crippen molar-refractivity contribution in [3.8, 4) is 36.4 Å². The Labute approximate surface area is 196 Å². The summed E-state index contributed by atoms with van der Waals surface area (Å²) in [5, 5.41) is 61.7. The maximum absolute atomic E-state index is 8.89. The quantitative estimate of drug-likeness (QED) is 0.379. The smallest absolute Gasteiger partial charge is 0.550 e. The van der Waals surface area contributed by atoms with Gasteiger partial charge >= 0.3 is 42.1 Å². The van der Waals surface area contributed by atoms with E-state index in [4.69, 9.17) is 51.4 Å². The van der Waals surface area contributed by atoms with Gasteiger partial charge in [0.15, 0.2) is 0 Å². The van der Waals surface area contributed by atoms with Crippen molar-refractivity contribution in [2.24, 2.45) is 0 Å². The largest absolute Gasteiger partial charge is 2.00 e. The first-order valence-corrected chi connectivity index (χ1v) is 6.16. The minimum atomic E-state index is -1.08. The molecular weight excluding hydrogens is 532 g/mol. The molecule has 0 bridgehead atoms. The van der Waals surface area contributed by atoms with E-state index >= 15 is 0 Å². The minimum Gasteiger partial charge on any atom is -0.550 e. The summed E-state index contributed by atoms with van der Waals surface area (Å²) in [5.41, 5.74) is 0. The molecule has 0 aliphatic heterocycles. The first-order valence-electron chi connectivity index (χ1n) is 6.16. The van der Waals surface area contributed by atoms with Crippen LogP contribution in [0.5, 0.6) is 0 Å². The fourth-order valence-corrected chi connectivity index (χ4v) is 0. The van der Waals surface area contributed by atoms with E-state index in [1.807, 2.05) is 0 Å². The van der Waals surface area contributed by atoms with Crippen LogP contribution in [0.15, 0.2) is 0 Å². The van der Waals surface area contributed by atoms with E-state index in [1.54, 1.807) is 36.4 Å². The van der Waals surface area contributed by atoms with Gasteiger partial charge in [-0.3, -0.25) is 0 Å². The van der Waals surface area contributed by atoms with Gasteiger partial charge in [-0.25, -0.2) is 0 Å². The third-order valence-electron chi connectivity index (χ3n) is 0. The van der Waals surface area contributed by atoms with E-state index < -0.39 is 11.9 Å². The summed E-state index contributed by atoms with van der Waals surface area (Å²) in [4.78, 5) is 17.8. The molecule has 0 unspecified atom stereocenters. The molecule has 0 aromatic heterocycles. The predicted molar refractivity (Wildman–Crippen MR) is 89.1 cm³/mol. The van der Waals surface area contributed by atoms with E-state index in [0.29, 0.717) is 0 Å². The van der Waals surface area contributed by atoms with Crippen LogP contribution in [0.3, 0.4) is 0 Å². The van der Waals surface area contributed by atoms with Gasteiger partial charge in [0.25, 0.3) is 0 Å². The molecule has 0 aliphatic rings. The summed E-state index contributed by atoms with van der Waals surface area (Å²) >= 11 is 0. The Morgan fingerprint density at radius 1 is 0.500 bits per heavy atom. The van der Waals surface area contributed by atoms with Gasteiger partial charge in [0.2, 0.25) is 0 Å². The summed E-state index contributed by atoms with van der Waals surface area (Å²) in [6, 6.07) is 10.5. The van der Waals surface area contributed by atoms with E-state index in [-0.39, 0.29) is 42.1 Å². The van der Waals surface area contributed by atoms with Crippen LogP contribution in [-0.4, -0.2) is 11.9 Å². The number of aliphatic carboxylic acids is 2. The Morgan fingerprint density at radius 2 is 0.500 bits per heavy atom. The van der Waals surface area contributed by atoms with Gasteiger partial charge in [-0.05, 0) is 13.8 Å². The standard InChI is InChI=1S/6C2H3N.2C2H4O2.2Mo/c6*1-2-3;2*1-2(3)4;;/h6*1H3;2*1H3,(H,3,4);;/q;;;;;;;;2*+2/p-2. The second kappa shape index (κ2) is 153. The van der Waals surface area contributed by atoms with Crippen LogP contribution < -0.4 is 10.2 Å². The maximum Gasteiger partial charge on any atom is 2.00 e. The molecule has 0 N–H and O–H groups in total. The van der Waals surface area contributed by atoms with Crippen molar-refractivity contribution in [3.05, 3.63) is 0 Å². The molecule has 0 spiro atoms. The predicted octanol–water partition coefficient (Wildman–Crippen LogP) is 0.687. The second-order valence-electron chi connectivity index (χ2n) is 2.32. The number of carboxylic acids is 2. The molecule has 10 nitrogen and oxygen atoms in total.